The highest BCUT2D eigenvalue weighted by Gasteiger charge is 2.22. The minimum absolute atomic E-state index is 0.00949. The highest BCUT2D eigenvalue weighted by Crippen LogP contribution is 2.16. The summed E-state index contributed by atoms with van der Waals surface area (Å²) in [5.41, 5.74) is 1.06. The zero-order chi connectivity index (χ0) is 13.7. The van der Waals surface area contributed by atoms with Crippen LogP contribution < -0.4 is 10.0 Å². The van der Waals surface area contributed by atoms with Gasteiger partial charge in [0.05, 0.1) is 5.75 Å². The molecule has 2 atom stereocenters. The Labute approximate surface area is 115 Å². The zero-order valence-corrected chi connectivity index (χ0v) is 12.1. The molecule has 1 heterocycles. The molecule has 106 valence electrons. The molecular weight excluding hydrogens is 260 g/mol. The van der Waals surface area contributed by atoms with Crippen LogP contribution in [0.2, 0.25) is 0 Å². The Kier molecular flexibility index (Phi) is 4.96. The van der Waals surface area contributed by atoms with Crippen molar-refractivity contribution in [2.75, 3.05) is 18.8 Å². The number of piperidine rings is 1. The average molecular weight is 282 g/mol. The van der Waals surface area contributed by atoms with Gasteiger partial charge in [0.15, 0.2) is 0 Å². The quantitative estimate of drug-likeness (QED) is 0.859. The molecule has 2 rings (SSSR count). The Morgan fingerprint density at radius 1 is 1.37 bits per heavy atom. The molecule has 2 N–H and O–H groups in total. The number of sulfonamides is 1. The first kappa shape index (κ1) is 14.5. The van der Waals surface area contributed by atoms with E-state index >= 15 is 0 Å². The number of nitrogens with one attached hydrogen (secondary N) is 2. The molecule has 1 aliphatic heterocycles. The standard InChI is InChI=1S/C14H22N2O2S/c1-12(13-6-3-2-4-7-13)11-19(17,18)16-14-8-5-9-15-10-14/h2-4,6-7,12,14-16H,5,8-11H2,1H3/t12?,14-/m0/s1. The smallest absolute Gasteiger partial charge is 0.212 e. The molecule has 1 aromatic rings. The molecule has 5 heteroatoms. The van der Waals surface area contributed by atoms with E-state index in [9.17, 15) is 8.42 Å². The second kappa shape index (κ2) is 6.50. The fraction of sp³-hybridized carbons (Fsp3) is 0.571. The van der Waals surface area contributed by atoms with Crippen molar-refractivity contribution in [2.24, 2.45) is 0 Å². The van der Waals surface area contributed by atoms with Crippen molar-refractivity contribution >= 4 is 10.0 Å². The SMILES string of the molecule is CC(CS(=O)(=O)N[C@H]1CCCNC1)c1ccccc1. The second-order valence-electron chi connectivity index (χ2n) is 5.25. The third-order valence-electron chi connectivity index (χ3n) is 3.48. The number of hydrogen-bond acceptors (Lipinski definition) is 3. The molecule has 1 aliphatic rings. The van der Waals surface area contributed by atoms with Crippen LogP contribution in [0.5, 0.6) is 0 Å². The number of hydrogen-bond donors (Lipinski definition) is 2. The van der Waals surface area contributed by atoms with Crippen molar-refractivity contribution in [2.45, 2.75) is 31.7 Å². The maximum absolute atomic E-state index is 12.1. The first-order valence-corrected chi connectivity index (χ1v) is 8.48. The van der Waals surface area contributed by atoms with Crippen LogP contribution in [0.25, 0.3) is 0 Å². The summed E-state index contributed by atoms with van der Waals surface area (Å²) in [5.74, 6) is 0.156. The van der Waals surface area contributed by atoms with Crippen LogP contribution in [0.15, 0.2) is 30.3 Å². The summed E-state index contributed by atoms with van der Waals surface area (Å²) in [6.07, 6.45) is 1.95. The lowest BCUT2D eigenvalue weighted by atomic mass is 10.0. The first-order chi connectivity index (χ1) is 9.07. The average Bonchev–Trinajstić information content (AvgIpc) is 2.39. The molecule has 0 amide bonds. The van der Waals surface area contributed by atoms with E-state index in [1.165, 1.54) is 0 Å². The van der Waals surface area contributed by atoms with Gasteiger partial charge >= 0.3 is 0 Å². The molecule has 1 aromatic carbocycles. The highest BCUT2D eigenvalue weighted by molar-refractivity contribution is 7.89. The highest BCUT2D eigenvalue weighted by atomic mass is 32.2. The molecule has 1 fully saturated rings. The van der Waals surface area contributed by atoms with Gasteiger partial charge in [0.1, 0.15) is 0 Å². The molecule has 0 aromatic heterocycles. The van der Waals surface area contributed by atoms with Gasteiger partial charge in [-0.2, -0.15) is 0 Å². The zero-order valence-electron chi connectivity index (χ0n) is 11.3. The van der Waals surface area contributed by atoms with Gasteiger partial charge in [0, 0.05) is 12.6 Å². The first-order valence-electron chi connectivity index (χ1n) is 6.82. The summed E-state index contributed by atoms with van der Waals surface area (Å²) < 4.78 is 27.1. The summed E-state index contributed by atoms with van der Waals surface area (Å²) in [5, 5.41) is 3.22. The van der Waals surface area contributed by atoms with E-state index in [-0.39, 0.29) is 17.7 Å². The fourth-order valence-electron chi connectivity index (χ4n) is 2.46. The largest absolute Gasteiger partial charge is 0.315 e. The van der Waals surface area contributed by atoms with Gasteiger partial charge in [-0.1, -0.05) is 37.3 Å². The number of rotatable bonds is 5. The van der Waals surface area contributed by atoms with Crippen LogP contribution in [0.3, 0.4) is 0 Å². The van der Waals surface area contributed by atoms with Gasteiger partial charge in [-0.15, -0.1) is 0 Å². The summed E-state index contributed by atoms with van der Waals surface area (Å²) in [6, 6.07) is 9.82. The van der Waals surface area contributed by atoms with Gasteiger partial charge in [-0.25, -0.2) is 13.1 Å². The molecule has 0 radical (unpaired) electrons. The van der Waals surface area contributed by atoms with E-state index in [0.29, 0.717) is 0 Å². The number of benzene rings is 1. The van der Waals surface area contributed by atoms with Gasteiger partial charge < -0.3 is 5.32 Å². The van der Waals surface area contributed by atoms with Crippen molar-refractivity contribution in [1.29, 1.82) is 0 Å². The van der Waals surface area contributed by atoms with Gasteiger partial charge in [0.25, 0.3) is 0 Å². The van der Waals surface area contributed by atoms with Crippen molar-refractivity contribution in [3.05, 3.63) is 35.9 Å². The van der Waals surface area contributed by atoms with Crippen LogP contribution in [0, 0.1) is 0 Å². The van der Waals surface area contributed by atoms with Gasteiger partial charge in [-0.05, 0) is 30.9 Å². The Morgan fingerprint density at radius 2 is 2.11 bits per heavy atom. The third-order valence-corrected chi connectivity index (χ3v) is 5.11. The maximum atomic E-state index is 12.1. The Hall–Kier alpha value is -0.910. The van der Waals surface area contributed by atoms with Crippen LogP contribution in [0.4, 0.5) is 0 Å². The van der Waals surface area contributed by atoms with Gasteiger partial charge in [-0.3, -0.25) is 0 Å². The lowest BCUT2D eigenvalue weighted by Crippen LogP contribution is -2.46. The molecule has 0 bridgehead atoms. The van der Waals surface area contributed by atoms with Crippen molar-refractivity contribution in [3.63, 3.8) is 0 Å². The van der Waals surface area contributed by atoms with Crippen LogP contribution in [0.1, 0.15) is 31.2 Å². The van der Waals surface area contributed by atoms with E-state index in [2.05, 4.69) is 10.0 Å². The minimum atomic E-state index is -3.22. The van der Waals surface area contributed by atoms with Crippen LogP contribution >= 0.6 is 0 Å². The second-order valence-corrected chi connectivity index (χ2v) is 7.05. The Morgan fingerprint density at radius 3 is 2.74 bits per heavy atom. The lowest BCUT2D eigenvalue weighted by Gasteiger charge is -2.24. The van der Waals surface area contributed by atoms with E-state index in [0.717, 1.165) is 31.5 Å². The van der Waals surface area contributed by atoms with Crippen LogP contribution in [-0.4, -0.2) is 33.3 Å². The topological polar surface area (TPSA) is 58.2 Å². The lowest BCUT2D eigenvalue weighted by molar-refractivity contribution is 0.428. The fourth-order valence-corrected chi connectivity index (χ4v) is 4.12. The molecule has 1 saturated heterocycles. The van der Waals surface area contributed by atoms with E-state index in [4.69, 9.17) is 0 Å². The molecular formula is C14H22N2O2S. The summed E-state index contributed by atoms with van der Waals surface area (Å²) >= 11 is 0. The van der Waals surface area contributed by atoms with Crippen molar-refractivity contribution in [3.8, 4) is 0 Å². The maximum Gasteiger partial charge on any atom is 0.212 e. The molecule has 4 nitrogen and oxygen atoms in total. The Bertz CT molecular complexity index is 481. The third kappa shape index (κ3) is 4.60. The Balaban J connectivity index is 1.93. The summed E-state index contributed by atoms with van der Waals surface area (Å²) in [6.45, 7) is 3.67. The molecule has 1 unspecified atom stereocenters. The molecule has 19 heavy (non-hydrogen) atoms. The minimum Gasteiger partial charge on any atom is -0.315 e. The predicted molar refractivity (Wildman–Crippen MR) is 77.7 cm³/mol. The van der Waals surface area contributed by atoms with E-state index < -0.39 is 10.0 Å². The molecule has 0 saturated carbocycles. The predicted octanol–water partition coefficient (Wildman–Crippen LogP) is 1.46. The summed E-state index contributed by atoms with van der Waals surface area (Å²) in [7, 11) is -3.22. The van der Waals surface area contributed by atoms with Crippen molar-refractivity contribution < 1.29 is 8.42 Å². The van der Waals surface area contributed by atoms with Gasteiger partial charge in [0.2, 0.25) is 10.0 Å². The molecule has 0 spiro atoms. The molecule has 0 aliphatic carbocycles. The normalized spacial score (nSPS) is 22.1. The van der Waals surface area contributed by atoms with E-state index in [1.807, 2.05) is 37.3 Å². The summed E-state index contributed by atoms with van der Waals surface area (Å²) in [4.78, 5) is 0. The van der Waals surface area contributed by atoms with E-state index in [1.54, 1.807) is 0 Å². The monoisotopic (exact) mass is 282 g/mol. The van der Waals surface area contributed by atoms with Crippen molar-refractivity contribution in [1.82, 2.24) is 10.0 Å². The van der Waals surface area contributed by atoms with Crippen LogP contribution in [-0.2, 0) is 10.0 Å².